The van der Waals surface area contributed by atoms with Crippen molar-refractivity contribution < 1.29 is 14.6 Å². The summed E-state index contributed by atoms with van der Waals surface area (Å²) in [5.74, 6) is 1.67. The van der Waals surface area contributed by atoms with Crippen molar-refractivity contribution in [3.8, 4) is 5.75 Å². The summed E-state index contributed by atoms with van der Waals surface area (Å²) in [4.78, 5) is 4.74. The molecule has 5 nitrogen and oxygen atoms in total. The molecule has 1 N–H and O–H groups in total. The molecule has 0 radical (unpaired) electrons. The summed E-state index contributed by atoms with van der Waals surface area (Å²) in [7, 11) is 1.71. The van der Waals surface area contributed by atoms with Crippen molar-refractivity contribution in [3.05, 3.63) is 29.8 Å². The third-order valence-electron chi connectivity index (χ3n) is 5.43. The molecular formula is C20H32N2O3. The van der Waals surface area contributed by atoms with Crippen LogP contribution in [0.2, 0.25) is 0 Å². The average molecular weight is 348 g/mol. The quantitative estimate of drug-likeness (QED) is 0.812. The van der Waals surface area contributed by atoms with Crippen LogP contribution in [0.15, 0.2) is 24.3 Å². The Morgan fingerprint density at radius 3 is 2.24 bits per heavy atom. The summed E-state index contributed by atoms with van der Waals surface area (Å²) < 4.78 is 10.6. The Balaban J connectivity index is 1.36. The molecule has 140 valence electrons. The summed E-state index contributed by atoms with van der Waals surface area (Å²) in [6.07, 6.45) is 3.33. The Labute approximate surface area is 151 Å². The predicted octanol–water partition coefficient (Wildman–Crippen LogP) is 1.64. The fraction of sp³-hybridized carbons (Fsp3) is 0.700. The van der Waals surface area contributed by atoms with Gasteiger partial charge in [0.2, 0.25) is 0 Å². The van der Waals surface area contributed by atoms with E-state index in [0.29, 0.717) is 0 Å². The van der Waals surface area contributed by atoms with Gasteiger partial charge in [0.25, 0.3) is 0 Å². The van der Waals surface area contributed by atoms with Gasteiger partial charge in [-0.1, -0.05) is 12.1 Å². The number of β-amino-alcohol motifs (C(OH)–C–C–N with tert-alkyl or cyclic N) is 1. The van der Waals surface area contributed by atoms with E-state index in [0.717, 1.165) is 70.6 Å². The summed E-state index contributed by atoms with van der Waals surface area (Å²) in [5, 5.41) is 10.4. The molecule has 1 unspecified atom stereocenters. The molecule has 0 spiro atoms. The van der Waals surface area contributed by atoms with Gasteiger partial charge in [0, 0.05) is 26.2 Å². The lowest BCUT2D eigenvalue weighted by molar-refractivity contribution is 0.00419. The SMILES string of the molecule is COc1ccc(CC2CCN(CC(O)CN3CCOCC3)CC2)cc1. The predicted molar refractivity (Wildman–Crippen MR) is 99.1 cm³/mol. The molecule has 2 saturated heterocycles. The van der Waals surface area contributed by atoms with Gasteiger partial charge in [-0.15, -0.1) is 0 Å². The van der Waals surface area contributed by atoms with E-state index in [1.165, 1.54) is 18.4 Å². The molecular weight excluding hydrogens is 316 g/mol. The van der Waals surface area contributed by atoms with Crippen LogP contribution in [0.1, 0.15) is 18.4 Å². The zero-order chi connectivity index (χ0) is 17.5. The normalized spacial score (nSPS) is 22.0. The second kappa shape index (κ2) is 9.53. The van der Waals surface area contributed by atoms with E-state index in [1.807, 2.05) is 12.1 Å². The summed E-state index contributed by atoms with van der Waals surface area (Å²) in [6, 6.07) is 8.45. The maximum atomic E-state index is 10.4. The van der Waals surface area contributed by atoms with E-state index >= 15 is 0 Å². The molecule has 0 aliphatic carbocycles. The van der Waals surface area contributed by atoms with Crippen LogP contribution in [0.25, 0.3) is 0 Å². The van der Waals surface area contributed by atoms with Gasteiger partial charge in [0.15, 0.2) is 0 Å². The lowest BCUT2D eigenvalue weighted by Gasteiger charge is -2.35. The van der Waals surface area contributed by atoms with Gasteiger partial charge in [-0.25, -0.2) is 0 Å². The highest BCUT2D eigenvalue weighted by Gasteiger charge is 2.22. The highest BCUT2D eigenvalue weighted by Crippen LogP contribution is 2.23. The van der Waals surface area contributed by atoms with Gasteiger partial charge < -0.3 is 19.5 Å². The van der Waals surface area contributed by atoms with Crippen LogP contribution in [-0.2, 0) is 11.2 Å². The molecule has 2 aliphatic rings. The van der Waals surface area contributed by atoms with Crippen LogP contribution >= 0.6 is 0 Å². The highest BCUT2D eigenvalue weighted by molar-refractivity contribution is 5.27. The van der Waals surface area contributed by atoms with Crippen LogP contribution in [0, 0.1) is 5.92 Å². The number of hydrogen-bond donors (Lipinski definition) is 1. The van der Waals surface area contributed by atoms with E-state index in [4.69, 9.17) is 9.47 Å². The van der Waals surface area contributed by atoms with E-state index in [2.05, 4.69) is 21.9 Å². The number of piperidine rings is 1. The van der Waals surface area contributed by atoms with Crippen molar-refractivity contribution in [1.82, 2.24) is 9.80 Å². The Morgan fingerprint density at radius 2 is 1.64 bits per heavy atom. The topological polar surface area (TPSA) is 45.2 Å². The van der Waals surface area contributed by atoms with E-state index in [9.17, 15) is 5.11 Å². The fourth-order valence-corrected chi connectivity index (χ4v) is 3.91. The minimum Gasteiger partial charge on any atom is -0.497 e. The van der Waals surface area contributed by atoms with E-state index in [1.54, 1.807) is 7.11 Å². The summed E-state index contributed by atoms with van der Waals surface area (Å²) in [5.41, 5.74) is 1.40. The van der Waals surface area contributed by atoms with Crippen LogP contribution in [0.4, 0.5) is 0 Å². The van der Waals surface area contributed by atoms with Crippen molar-refractivity contribution in [2.45, 2.75) is 25.4 Å². The van der Waals surface area contributed by atoms with Crippen molar-refractivity contribution in [1.29, 1.82) is 0 Å². The average Bonchev–Trinajstić information content (AvgIpc) is 2.65. The molecule has 1 atom stereocenters. The number of likely N-dealkylation sites (tertiary alicyclic amines) is 1. The second-order valence-electron chi connectivity index (χ2n) is 7.36. The van der Waals surface area contributed by atoms with Crippen molar-refractivity contribution in [3.63, 3.8) is 0 Å². The van der Waals surface area contributed by atoms with Gasteiger partial charge in [-0.3, -0.25) is 4.90 Å². The van der Waals surface area contributed by atoms with E-state index in [-0.39, 0.29) is 6.10 Å². The first-order valence-electron chi connectivity index (χ1n) is 9.56. The van der Waals surface area contributed by atoms with Crippen molar-refractivity contribution in [2.24, 2.45) is 5.92 Å². The van der Waals surface area contributed by atoms with Crippen LogP contribution in [0.5, 0.6) is 5.75 Å². The van der Waals surface area contributed by atoms with Gasteiger partial charge in [0.05, 0.1) is 26.4 Å². The summed E-state index contributed by atoms with van der Waals surface area (Å²) >= 11 is 0. The molecule has 0 amide bonds. The standard InChI is InChI=1S/C20H32N2O3/c1-24-20-4-2-17(3-5-20)14-18-6-8-21(9-7-18)15-19(23)16-22-10-12-25-13-11-22/h2-5,18-19,23H,6-16H2,1H3. The molecule has 0 bridgehead atoms. The van der Waals surface area contributed by atoms with Gasteiger partial charge in [-0.2, -0.15) is 0 Å². The largest absolute Gasteiger partial charge is 0.497 e. The van der Waals surface area contributed by atoms with Crippen LogP contribution in [-0.4, -0.2) is 80.6 Å². The van der Waals surface area contributed by atoms with Gasteiger partial charge >= 0.3 is 0 Å². The van der Waals surface area contributed by atoms with Gasteiger partial charge in [0.1, 0.15) is 5.75 Å². The highest BCUT2D eigenvalue weighted by atomic mass is 16.5. The van der Waals surface area contributed by atoms with Crippen LogP contribution in [0.3, 0.4) is 0 Å². The lowest BCUT2D eigenvalue weighted by atomic mass is 9.90. The molecule has 1 aromatic carbocycles. The smallest absolute Gasteiger partial charge is 0.118 e. The first kappa shape index (κ1) is 18.6. The molecule has 1 aromatic rings. The monoisotopic (exact) mass is 348 g/mol. The maximum Gasteiger partial charge on any atom is 0.118 e. The first-order valence-corrected chi connectivity index (χ1v) is 9.56. The molecule has 5 heteroatoms. The molecule has 0 saturated carbocycles. The number of nitrogens with zero attached hydrogens (tertiary/aromatic N) is 2. The number of aliphatic hydroxyl groups excluding tert-OH is 1. The number of benzene rings is 1. The lowest BCUT2D eigenvalue weighted by Crippen LogP contribution is -2.46. The minimum absolute atomic E-state index is 0.253. The minimum atomic E-state index is -0.253. The number of aliphatic hydroxyl groups is 1. The van der Waals surface area contributed by atoms with E-state index < -0.39 is 0 Å². The van der Waals surface area contributed by atoms with Crippen molar-refractivity contribution in [2.75, 3.05) is 59.6 Å². The molecule has 0 aromatic heterocycles. The molecule has 2 heterocycles. The van der Waals surface area contributed by atoms with Gasteiger partial charge in [-0.05, 0) is 56.0 Å². The van der Waals surface area contributed by atoms with Crippen LogP contribution < -0.4 is 4.74 Å². The Bertz CT molecular complexity index is 494. The molecule has 25 heavy (non-hydrogen) atoms. The molecule has 2 fully saturated rings. The maximum absolute atomic E-state index is 10.4. The second-order valence-corrected chi connectivity index (χ2v) is 7.36. The fourth-order valence-electron chi connectivity index (χ4n) is 3.91. The number of methoxy groups -OCH3 is 1. The van der Waals surface area contributed by atoms with Crippen molar-refractivity contribution >= 4 is 0 Å². The number of hydrogen-bond acceptors (Lipinski definition) is 5. The molecule has 2 aliphatic heterocycles. The zero-order valence-corrected chi connectivity index (χ0v) is 15.4. The third kappa shape index (κ3) is 5.96. The Kier molecular flexibility index (Phi) is 7.11. The third-order valence-corrected chi connectivity index (χ3v) is 5.43. The molecule has 3 rings (SSSR count). The first-order chi connectivity index (χ1) is 12.2. The zero-order valence-electron chi connectivity index (χ0n) is 15.4. The number of rotatable bonds is 7. The summed E-state index contributed by atoms with van der Waals surface area (Å²) in [6.45, 7) is 7.25. The Morgan fingerprint density at radius 1 is 1.04 bits per heavy atom. The number of ether oxygens (including phenoxy) is 2. The Hall–Kier alpha value is -1.14. The number of morpholine rings is 1.